The smallest absolute Gasteiger partial charge is 0.132 e. The predicted octanol–water partition coefficient (Wildman–Crippen LogP) is 3.69. The first-order valence-corrected chi connectivity index (χ1v) is 8.26. The summed E-state index contributed by atoms with van der Waals surface area (Å²) in [4.78, 5) is 12.8. The van der Waals surface area contributed by atoms with Crippen LogP contribution in [0.3, 0.4) is 0 Å². The molecule has 0 aliphatic carbocycles. The van der Waals surface area contributed by atoms with E-state index >= 15 is 0 Å². The van der Waals surface area contributed by atoms with Gasteiger partial charge >= 0.3 is 0 Å². The van der Waals surface area contributed by atoms with E-state index in [1.165, 1.54) is 0 Å². The highest BCUT2D eigenvalue weighted by molar-refractivity contribution is 5.82. The van der Waals surface area contributed by atoms with Gasteiger partial charge in [0.1, 0.15) is 17.3 Å². The molecule has 0 aromatic carbocycles. The summed E-state index contributed by atoms with van der Waals surface area (Å²) in [6, 6.07) is 4.69. The highest BCUT2D eigenvalue weighted by atomic mass is 16.3. The number of hydrogen-bond donors (Lipinski definition) is 2. The second-order valence-corrected chi connectivity index (χ2v) is 6.61. The summed E-state index contributed by atoms with van der Waals surface area (Å²) in [5.41, 5.74) is 4.09. The molecule has 1 saturated heterocycles. The maximum absolute atomic E-state index is 5.63. The van der Waals surface area contributed by atoms with E-state index in [4.69, 9.17) is 9.40 Å². The number of rotatable bonds is 2. The summed E-state index contributed by atoms with van der Waals surface area (Å²) < 4.78 is 5.63. The first-order chi connectivity index (χ1) is 11.1. The van der Waals surface area contributed by atoms with Crippen molar-refractivity contribution in [3.8, 4) is 11.3 Å². The van der Waals surface area contributed by atoms with Gasteiger partial charge in [0.25, 0.3) is 0 Å². The van der Waals surface area contributed by atoms with Gasteiger partial charge in [-0.3, -0.25) is 0 Å². The monoisotopic (exact) mass is 310 g/mol. The van der Waals surface area contributed by atoms with Crippen LogP contribution in [0.5, 0.6) is 0 Å². The molecule has 3 aromatic rings. The molecule has 2 atom stereocenters. The van der Waals surface area contributed by atoms with Crippen molar-refractivity contribution in [2.45, 2.75) is 45.6 Å². The van der Waals surface area contributed by atoms with Crippen molar-refractivity contribution in [3.05, 3.63) is 35.7 Å². The predicted molar refractivity (Wildman–Crippen MR) is 90.5 cm³/mol. The number of hydrogen-bond acceptors (Lipinski definition) is 4. The van der Waals surface area contributed by atoms with Crippen molar-refractivity contribution in [3.63, 3.8) is 0 Å². The summed E-state index contributed by atoms with van der Waals surface area (Å²) in [6.07, 6.45) is 4.12. The summed E-state index contributed by atoms with van der Waals surface area (Å²) in [7, 11) is 0. The van der Waals surface area contributed by atoms with Crippen LogP contribution in [0.1, 0.15) is 43.0 Å². The molecule has 1 fully saturated rings. The minimum Gasteiger partial charge on any atom is -0.466 e. The van der Waals surface area contributed by atoms with Gasteiger partial charge in [-0.1, -0.05) is 0 Å². The van der Waals surface area contributed by atoms with E-state index < -0.39 is 0 Å². The van der Waals surface area contributed by atoms with Crippen molar-refractivity contribution in [2.24, 2.45) is 0 Å². The molecule has 1 aliphatic rings. The van der Waals surface area contributed by atoms with Crippen LogP contribution in [-0.4, -0.2) is 27.5 Å². The summed E-state index contributed by atoms with van der Waals surface area (Å²) in [5.74, 6) is 3.27. The Kier molecular flexibility index (Phi) is 3.45. The Morgan fingerprint density at radius 2 is 2.13 bits per heavy atom. The molecule has 0 radical (unpaired) electrons. The molecule has 0 amide bonds. The van der Waals surface area contributed by atoms with Crippen LogP contribution in [-0.2, 0) is 0 Å². The van der Waals surface area contributed by atoms with Crippen molar-refractivity contribution >= 4 is 11.0 Å². The highest BCUT2D eigenvalue weighted by Crippen LogP contribution is 2.30. The molecule has 0 spiro atoms. The van der Waals surface area contributed by atoms with Gasteiger partial charge in [-0.15, -0.1) is 0 Å². The molecule has 2 unspecified atom stereocenters. The van der Waals surface area contributed by atoms with E-state index in [1.54, 1.807) is 0 Å². The lowest BCUT2D eigenvalue weighted by molar-refractivity contribution is 0.371. The fourth-order valence-electron chi connectivity index (χ4n) is 3.54. The second kappa shape index (κ2) is 5.49. The van der Waals surface area contributed by atoms with Crippen molar-refractivity contribution in [1.29, 1.82) is 0 Å². The average Bonchev–Trinajstić information content (AvgIpc) is 3.09. The topological polar surface area (TPSA) is 66.7 Å². The highest BCUT2D eigenvalue weighted by Gasteiger charge is 2.22. The number of piperidine rings is 1. The lowest BCUT2D eigenvalue weighted by atomic mass is 9.92. The number of nitrogens with one attached hydrogen (secondary N) is 2. The molecule has 0 bridgehead atoms. The minimum atomic E-state index is 0.451. The third-order valence-electron chi connectivity index (χ3n) is 4.71. The fourth-order valence-corrected chi connectivity index (χ4v) is 3.54. The van der Waals surface area contributed by atoms with Gasteiger partial charge < -0.3 is 14.7 Å². The third-order valence-corrected chi connectivity index (χ3v) is 4.71. The van der Waals surface area contributed by atoms with E-state index in [2.05, 4.69) is 34.3 Å². The van der Waals surface area contributed by atoms with Crippen LogP contribution in [0.25, 0.3) is 22.3 Å². The minimum absolute atomic E-state index is 0.451. The molecule has 120 valence electrons. The van der Waals surface area contributed by atoms with E-state index in [9.17, 15) is 0 Å². The SMILES string of the molecule is Cc1cc(-c2cc3nc(C4CCNC(C)C4)ncc3[nH]2)c(C)o1. The largest absolute Gasteiger partial charge is 0.466 e. The van der Waals surface area contributed by atoms with Crippen LogP contribution >= 0.6 is 0 Å². The lowest BCUT2D eigenvalue weighted by Crippen LogP contribution is -2.35. The van der Waals surface area contributed by atoms with Crippen LogP contribution in [0.15, 0.2) is 22.7 Å². The van der Waals surface area contributed by atoms with Gasteiger partial charge in [0, 0.05) is 17.5 Å². The molecule has 1 aliphatic heterocycles. The molecule has 3 aromatic heterocycles. The van der Waals surface area contributed by atoms with Gasteiger partial charge in [-0.25, -0.2) is 9.97 Å². The van der Waals surface area contributed by atoms with Gasteiger partial charge in [-0.2, -0.15) is 0 Å². The summed E-state index contributed by atoms with van der Waals surface area (Å²) in [5, 5.41) is 3.48. The van der Waals surface area contributed by atoms with Crippen LogP contribution < -0.4 is 5.32 Å². The Morgan fingerprint density at radius 3 is 2.87 bits per heavy atom. The zero-order chi connectivity index (χ0) is 16.0. The Balaban J connectivity index is 1.71. The molecule has 5 heteroatoms. The Morgan fingerprint density at radius 1 is 1.26 bits per heavy atom. The van der Waals surface area contributed by atoms with Gasteiger partial charge in [-0.05, 0) is 52.3 Å². The lowest BCUT2D eigenvalue weighted by Gasteiger charge is -2.26. The van der Waals surface area contributed by atoms with Crippen molar-refractivity contribution in [1.82, 2.24) is 20.3 Å². The standard InChI is InChI=1S/C18H22N4O/c1-10-6-13(4-5-19-10)18-20-9-17-16(22-18)8-15(21-17)14-7-11(2)23-12(14)3/h7-10,13,19,21H,4-6H2,1-3H3. The first kappa shape index (κ1) is 14.5. The molecule has 4 rings (SSSR count). The molecular weight excluding hydrogens is 288 g/mol. The molecule has 5 nitrogen and oxygen atoms in total. The maximum atomic E-state index is 5.63. The van der Waals surface area contributed by atoms with E-state index in [-0.39, 0.29) is 0 Å². The van der Waals surface area contributed by atoms with Gasteiger partial charge in [0.15, 0.2) is 0 Å². The van der Waals surface area contributed by atoms with Crippen LogP contribution in [0, 0.1) is 13.8 Å². The average molecular weight is 310 g/mol. The normalized spacial score (nSPS) is 21.9. The molecule has 0 saturated carbocycles. The third kappa shape index (κ3) is 2.65. The number of aromatic amines is 1. The number of aromatic nitrogens is 3. The van der Waals surface area contributed by atoms with Crippen molar-refractivity contribution in [2.75, 3.05) is 6.54 Å². The molecule has 23 heavy (non-hydrogen) atoms. The van der Waals surface area contributed by atoms with Crippen LogP contribution in [0.4, 0.5) is 0 Å². The first-order valence-electron chi connectivity index (χ1n) is 8.26. The van der Waals surface area contributed by atoms with Crippen molar-refractivity contribution < 1.29 is 4.42 Å². The van der Waals surface area contributed by atoms with E-state index in [0.29, 0.717) is 12.0 Å². The second-order valence-electron chi connectivity index (χ2n) is 6.61. The summed E-state index contributed by atoms with van der Waals surface area (Å²) in [6.45, 7) is 7.22. The fraction of sp³-hybridized carbons (Fsp3) is 0.444. The zero-order valence-electron chi connectivity index (χ0n) is 13.8. The van der Waals surface area contributed by atoms with Gasteiger partial charge in [0.05, 0.1) is 22.9 Å². The molecule has 4 heterocycles. The molecular formula is C18H22N4O. The van der Waals surface area contributed by atoms with E-state index in [0.717, 1.165) is 59.0 Å². The number of nitrogens with zero attached hydrogens (tertiary/aromatic N) is 2. The van der Waals surface area contributed by atoms with Gasteiger partial charge in [0.2, 0.25) is 0 Å². The Bertz CT molecular complexity index is 848. The Hall–Kier alpha value is -2.14. The number of aryl methyl sites for hydroxylation is 2. The number of furan rings is 1. The quantitative estimate of drug-likeness (QED) is 0.757. The Labute approximate surface area is 135 Å². The molecule has 2 N–H and O–H groups in total. The summed E-state index contributed by atoms with van der Waals surface area (Å²) >= 11 is 0. The number of H-pyrrole nitrogens is 1. The maximum Gasteiger partial charge on any atom is 0.132 e. The van der Waals surface area contributed by atoms with E-state index in [1.807, 2.05) is 20.0 Å². The number of fused-ring (bicyclic) bond motifs is 1. The van der Waals surface area contributed by atoms with Crippen LogP contribution in [0.2, 0.25) is 0 Å². The zero-order valence-corrected chi connectivity index (χ0v) is 13.8.